The summed E-state index contributed by atoms with van der Waals surface area (Å²) in [6.07, 6.45) is -0.224. The summed E-state index contributed by atoms with van der Waals surface area (Å²) in [7, 11) is 0. The van der Waals surface area contributed by atoms with E-state index in [1.807, 2.05) is 65.6 Å². The predicted octanol–water partition coefficient (Wildman–Crippen LogP) is 5.42. The smallest absolute Gasteiger partial charge is 0.256 e. The second kappa shape index (κ2) is 6.85. The summed E-state index contributed by atoms with van der Waals surface area (Å²) in [4.78, 5) is 14.8. The van der Waals surface area contributed by atoms with Crippen LogP contribution < -0.4 is 5.32 Å². The molecule has 0 radical (unpaired) electrons. The Kier molecular flexibility index (Phi) is 4.39. The van der Waals surface area contributed by atoms with Crippen LogP contribution in [0.25, 0.3) is 0 Å². The lowest BCUT2D eigenvalue weighted by Gasteiger charge is -2.27. The number of carbonyl (C=O) groups excluding carboxylic acids is 1. The molecule has 1 atom stereocenters. The standard InChI is InChI=1S/C22H19ClN2O/c1-15-10-12-17(13-11-15)24-21-18-7-3-4-8-19(18)22(26)25(21)14-16-6-2-5-9-20(16)23/h2-13,21,24H,14H2,1H3/t21-/m1/s1. The minimum Gasteiger partial charge on any atom is -0.361 e. The number of fused-ring (bicyclic) bond motifs is 1. The largest absolute Gasteiger partial charge is 0.361 e. The first kappa shape index (κ1) is 16.7. The fourth-order valence-electron chi connectivity index (χ4n) is 3.31. The third kappa shape index (κ3) is 3.06. The van der Waals surface area contributed by atoms with Gasteiger partial charge in [0.1, 0.15) is 6.17 Å². The molecule has 3 aromatic carbocycles. The van der Waals surface area contributed by atoms with Crippen LogP contribution in [0.2, 0.25) is 5.02 Å². The monoisotopic (exact) mass is 362 g/mol. The van der Waals surface area contributed by atoms with Gasteiger partial charge in [-0.3, -0.25) is 4.79 Å². The van der Waals surface area contributed by atoms with E-state index in [9.17, 15) is 4.79 Å². The maximum atomic E-state index is 13.0. The van der Waals surface area contributed by atoms with Crippen LogP contribution in [0.15, 0.2) is 72.8 Å². The van der Waals surface area contributed by atoms with Crippen LogP contribution >= 0.6 is 11.6 Å². The van der Waals surface area contributed by atoms with E-state index in [1.54, 1.807) is 0 Å². The van der Waals surface area contributed by atoms with E-state index in [1.165, 1.54) is 5.56 Å². The number of hydrogen-bond acceptors (Lipinski definition) is 2. The van der Waals surface area contributed by atoms with Gasteiger partial charge in [0.25, 0.3) is 5.91 Å². The molecule has 0 unspecified atom stereocenters. The number of amides is 1. The number of nitrogens with zero attached hydrogens (tertiary/aromatic N) is 1. The molecule has 0 spiro atoms. The molecule has 0 aromatic heterocycles. The van der Waals surface area contributed by atoms with Crippen molar-refractivity contribution in [1.82, 2.24) is 4.90 Å². The number of halogens is 1. The first-order valence-electron chi connectivity index (χ1n) is 8.60. The molecule has 1 aliphatic rings. The van der Waals surface area contributed by atoms with E-state index < -0.39 is 0 Å². The molecule has 26 heavy (non-hydrogen) atoms. The van der Waals surface area contributed by atoms with Gasteiger partial charge in [-0.05, 0) is 36.8 Å². The molecule has 4 rings (SSSR count). The fraction of sp³-hybridized carbons (Fsp3) is 0.136. The van der Waals surface area contributed by atoms with Crippen LogP contribution in [-0.2, 0) is 6.54 Å². The van der Waals surface area contributed by atoms with Crippen molar-refractivity contribution in [3.63, 3.8) is 0 Å². The third-order valence-electron chi connectivity index (χ3n) is 4.71. The average Bonchev–Trinajstić information content (AvgIpc) is 2.91. The van der Waals surface area contributed by atoms with Crippen LogP contribution in [0.5, 0.6) is 0 Å². The van der Waals surface area contributed by atoms with Crippen molar-refractivity contribution in [3.8, 4) is 0 Å². The zero-order chi connectivity index (χ0) is 18.1. The Bertz CT molecular complexity index is 952. The minimum atomic E-state index is -0.224. The van der Waals surface area contributed by atoms with Gasteiger partial charge in [-0.15, -0.1) is 0 Å². The SMILES string of the molecule is Cc1ccc(N[C@H]2c3ccccc3C(=O)N2Cc2ccccc2Cl)cc1. The molecular weight excluding hydrogens is 344 g/mol. The second-order valence-electron chi connectivity index (χ2n) is 6.52. The molecule has 3 aromatic rings. The molecular formula is C22H19ClN2O. The van der Waals surface area contributed by atoms with Crippen molar-refractivity contribution in [1.29, 1.82) is 0 Å². The van der Waals surface area contributed by atoms with Crippen molar-refractivity contribution in [3.05, 3.63) is 100 Å². The highest BCUT2D eigenvalue weighted by atomic mass is 35.5. The summed E-state index contributed by atoms with van der Waals surface area (Å²) >= 11 is 6.33. The number of anilines is 1. The lowest BCUT2D eigenvalue weighted by atomic mass is 10.1. The maximum absolute atomic E-state index is 13.0. The molecule has 1 amide bonds. The summed E-state index contributed by atoms with van der Waals surface area (Å²) in [6.45, 7) is 2.51. The molecule has 0 aliphatic carbocycles. The molecule has 0 saturated carbocycles. The van der Waals surface area contributed by atoms with Gasteiger partial charge in [0, 0.05) is 28.4 Å². The minimum absolute atomic E-state index is 0.0186. The van der Waals surface area contributed by atoms with Crippen molar-refractivity contribution in [2.75, 3.05) is 5.32 Å². The van der Waals surface area contributed by atoms with E-state index in [2.05, 4.69) is 24.4 Å². The van der Waals surface area contributed by atoms with Crippen LogP contribution in [0, 0.1) is 6.92 Å². The molecule has 0 fully saturated rings. The van der Waals surface area contributed by atoms with E-state index in [0.717, 1.165) is 22.4 Å². The van der Waals surface area contributed by atoms with Gasteiger partial charge in [0.05, 0.1) is 0 Å². The molecule has 1 N–H and O–H groups in total. The average molecular weight is 363 g/mol. The first-order chi connectivity index (χ1) is 12.6. The number of hydrogen-bond donors (Lipinski definition) is 1. The molecule has 3 nitrogen and oxygen atoms in total. The summed E-state index contributed by atoms with van der Waals surface area (Å²) in [6, 6.07) is 23.6. The Morgan fingerprint density at radius 2 is 1.65 bits per heavy atom. The maximum Gasteiger partial charge on any atom is 0.256 e. The first-order valence-corrected chi connectivity index (χ1v) is 8.98. The molecule has 1 aliphatic heterocycles. The zero-order valence-electron chi connectivity index (χ0n) is 14.4. The van der Waals surface area contributed by atoms with Crippen molar-refractivity contribution in [2.24, 2.45) is 0 Å². The molecule has 0 bridgehead atoms. The third-order valence-corrected chi connectivity index (χ3v) is 5.08. The Balaban J connectivity index is 1.70. The highest BCUT2D eigenvalue weighted by Gasteiger charge is 2.36. The van der Waals surface area contributed by atoms with E-state index in [0.29, 0.717) is 11.6 Å². The number of nitrogens with one attached hydrogen (secondary N) is 1. The summed E-state index contributed by atoms with van der Waals surface area (Å²) in [5.74, 6) is 0.0186. The molecule has 130 valence electrons. The second-order valence-corrected chi connectivity index (χ2v) is 6.93. The number of carbonyl (C=O) groups is 1. The number of rotatable bonds is 4. The van der Waals surface area contributed by atoms with Crippen LogP contribution in [-0.4, -0.2) is 10.8 Å². The van der Waals surface area contributed by atoms with E-state index >= 15 is 0 Å². The lowest BCUT2D eigenvalue weighted by molar-refractivity contribution is 0.0729. The van der Waals surface area contributed by atoms with Crippen LogP contribution in [0.3, 0.4) is 0 Å². The van der Waals surface area contributed by atoms with Crippen LogP contribution in [0.1, 0.15) is 33.2 Å². The molecule has 1 heterocycles. The quantitative estimate of drug-likeness (QED) is 0.672. The van der Waals surface area contributed by atoms with Crippen molar-refractivity contribution >= 4 is 23.2 Å². The van der Waals surface area contributed by atoms with Crippen LogP contribution in [0.4, 0.5) is 5.69 Å². The van der Waals surface area contributed by atoms with E-state index in [4.69, 9.17) is 11.6 Å². The van der Waals surface area contributed by atoms with Crippen molar-refractivity contribution in [2.45, 2.75) is 19.6 Å². The normalized spacial score (nSPS) is 15.8. The fourth-order valence-corrected chi connectivity index (χ4v) is 3.50. The summed E-state index contributed by atoms with van der Waals surface area (Å²) in [5.41, 5.74) is 4.85. The Labute approximate surface area is 158 Å². The highest BCUT2D eigenvalue weighted by molar-refractivity contribution is 6.31. The predicted molar refractivity (Wildman–Crippen MR) is 105 cm³/mol. The Hall–Kier alpha value is -2.78. The van der Waals surface area contributed by atoms with Gasteiger partial charge in [-0.25, -0.2) is 0 Å². The van der Waals surface area contributed by atoms with Crippen molar-refractivity contribution < 1.29 is 4.79 Å². The Morgan fingerprint density at radius 3 is 2.42 bits per heavy atom. The van der Waals surface area contributed by atoms with Gasteiger partial charge in [0.2, 0.25) is 0 Å². The summed E-state index contributed by atoms with van der Waals surface area (Å²) in [5, 5.41) is 4.18. The highest BCUT2D eigenvalue weighted by Crippen LogP contribution is 2.36. The number of aryl methyl sites for hydroxylation is 1. The van der Waals surface area contributed by atoms with Gasteiger partial charge in [-0.1, -0.05) is 65.7 Å². The number of benzene rings is 3. The Morgan fingerprint density at radius 1 is 0.962 bits per heavy atom. The van der Waals surface area contributed by atoms with Gasteiger partial charge in [0.15, 0.2) is 0 Å². The van der Waals surface area contributed by atoms with Gasteiger partial charge in [-0.2, -0.15) is 0 Å². The zero-order valence-corrected chi connectivity index (χ0v) is 15.2. The molecule has 0 saturated heterocycles. The summed E-state index contributed by atoms with van der Waals surface area (Å²) < 4.78 is 0. The van der Waals surface area contributed by atoms with E-state index in [-0.39, 0.29) is 12.1 Å². The molecule has 4 heteroatoms. The lowest BCUT2D eigenvalue weighted by Crippen LogP contribution is -2.32. The van der Waals surface area contributed by atoms with Gasteiger partial charge < -0.3 is 10.2 Å². The van der Waals surface area contributed by atoms with Gasteiger partial charge >= 0.3 is 0 Å². The topological polar surface area (TPSA) is 32.3 Å².